The summed E-state index contributed by atoms with van der Waals surface area (Å²) >= 11 is 0. The first-order valence-electron chi connectivity index (χ1n) is 6.87. The van der Waals surface area contributed by atoms with Crippen molar-refractivity contribution in [2.24, 2.45) is 0 Å². The van der Waals surface area contributed by atoms with Crippen molar-refractivity contribution in [1.29, 1.82) is 0 Å². The van der Waals surface area contributed by atoms with E-state index in [-0.39, 0.29) is 10.9 Å². The predicted molar refractivity (Wildman–Crippen MR) is 91.2 cm³/mol. The smallest absolute Gasteiger partial charge is 0.423 e. The highest BCUT2D eigenvalue weighted by molar-refractivity contribution is 6.74. The van der Waals surface area contributed by atoms with Gasteiger partial charge < -0.3 is 20.1 Å². The third kappa shape index (κ3) is 2.32. The van der Waals surface area contributed by atoms with Gasteiger partial charge in [-0.3, -0.25) is 0 Å². The largest absolute Gasteiger partial charge is 0.488 e. The fraction of sp³-hybridized carbons (Fsp3) is 0. The summed E-state index contributed by atoms with van der Waals surface area (Å²) < 4.78 is 0. The third-order valence-corrected chi connectivity index (χ3v) is 3.86. The Hall–Kier alpha value is -2.11. The maximum Gasteiger partial charge on any atom is 0.488 e. The molecule has 4 N–H and O–H groups in total. The second-order valence-electron chi connectivity index (χ2n) is 5.17. The molecule has 0 amide bonds. The van der Waals surface area contributed by atoms with Gasteiger partial charge in [0.1, 0.15) is 0 Å². The van der Waals surface area contributed by atoms with E-state index in [4.69, 9.17) is 0 Å². The molecular weight excluding hydrogens is 278 g/mol. The Balaban J connectivity index is 2.51. The van der Waals surface area contributed by atoms with E-state index in [2.05, 4.69) is 6.58 Å². The zero-order valence-corrected chi connectivity index (χ0v) is 11.8. The minimum Gasteiger partial charge on any atom is -0.423 e. The van der Waals surface area contributed by atoms with E-state index in [0.717, 1.165) is 16.2 Å². The fourth-order valence-corrected chi connectivity index (χ4v) is 2.89. The molecule has 0 fully saturated rings. The lowest BCUT2D eigenvalue weighted by Gasteiger charge is -2.16. The lowest BCUT2D eigenvalue weighted by molar-refractivity contribution is 0.419. The van der Waals surface area contributed by atoms with Gasteiger partial charge in [-0.25, -0.2) is 0 Å². The molecule has 0 saturated heterocycles. The summed E-state index contributed by atoms with van der Waals surface area (Å²) in [7, 11) is -3.64. The Morgan fingerprint density at radius 2 is 1.36 bits per heavy atom. The van der Waals surface area contributed by atoms with Gasteiger partial charge in [0.15, 0.2) is 0 Å². The van der Waals surface area contributed by atoms with Gasteiger partial charge in [-0.1, -0.05) is 36.9 Å². The van der Waals surface area contributed by atoms with E-state index < -0.39 is 14.2 Å². The average Bonchev–Trinajstić information content (AvgIpc) is 2.50. The molecule has 108 valence electrons. The molecule has 0 aromatic heterocycles. The van der Waals surface area contributed by atoms with Gasteiger partial charge >= 0.3 is 14.2 Å². The van der Waals surface area contributed by atoms with Gasteiger partial charge in [0, 0.05) is 0 Å². The van der Waals surface area contributed by atoms with E-state index in [0.29, 0.717) is 10.9 Å². The van der Waals surface area contributed by atoms with Gasteiger partial charge in [0.25, 0.3) is 0 Å². The number of rotatable bonds is 3. The highest BCUT2D eigenvalue weighted by atomic mass is 16.4. The number of hydrogen-bond donors (Lipinski definition) is 4. The van der Waals surface area contributed by atoms with Crippen molar-refractivity contribution >= 4 is 52.8 Å². The molecule has 0 heterocycles. The Morgan fingerprint density at radius 3 is 1.91 bits per heavy atom. The van der Waals surface area contributed by atoms with Crippen LogP contribution in [-0.2, 0) is 0 Å². The van der Waals surface area contributed by atoms with Crippen molar-refractivity contribution in [3.05, 3.63) is 54.6 Å². The molecule has 0 saturated carbocycles. The fourth-order valence-electron chi connectivity index (χ4n) is 2.89. The van der Waals surface area contributed by atoms with Crippen molar-refractivity contribution in [2.45, 2.75) is 0 Å². The van der Waals surface area contributed by atoms with Crippen molar-refractivity contribution in [3.63, 3.8) is 0 Å². The van der Waals surface area contributed by atoms with Gasteiger partial charge in [-0.05, 0) is 56.2 Å². The lowest BCUT2D eigenvalue weighted by Crippen LogP contribution is -2.51. The van der Waals surface area contributed by atoms with E-state index >= 15 is 0 Å². The first kappa shape index (κ1) is 14.8. The highest BCUT2D eigenvalue weighted by Crippen LogP contribution is 2.23. The van der Waals surface area contributed by atoms with Crippen LogP contribution in [0.25, 0.3) is 27.6 Å². The SMILES string of the molecule is C=Cc1cc2cc3ccccc3cc2c(B(O)O)c1B(O)O. The molecule has 3 aromatic rings. The molecule has 0 aliphatic carbocycles. The molecule has 3 rings (SSSR count). The number of hydrogen-bond acceptors (Lipinski definition) is 4. The summed E-state index contributed by atoms with van der Waals surface area (Å²) in [5.41, 5.74) is 0.613. The van der Waals surface area contributed by atoms with Crippen LogP contribution in [0.1, 0.15) is 5.56 Å². The van der Waals surface area contributed by atoms with Crippen molar-refractivity contribution in [3.8, 4) is 0 Å². The molecule has 0 unspecified atom stereocenters. The summed E-state index contributed by atoms with van der Waals surface area (Å²) in [4.78, 5) is 0. The number of benzene rings is 3. The predicted octanol–water partition coefficient (Wildman–Crippen LogP) is -0.00440. The van der Waals surface area contributed by atoms with E-state index in [1.54, 1.807) is 6.07 Å². The molecule has 6 heteroatoms. The molecule has 0 aliphatic heterocycles. The topological polar surface area (TPSA) is 80.9 Å². The Labute approximate surface area is 128 Å². The lowest BCUT2D eigenvalue weighted by atomic mass is 9.62. The van der Waals surface area contributed by atoms with Crippen molar-refractivity contribution < 1.29 is 20.1 Å². The summed E-state index contributed by atoms with van der Waals surface area (Å²) in [6.07, 6.45) is 1.47. The molecule has 4 nitrogen and oxygen atoms in total. The van der Waals surface area contributed by atoms with E-state index in [9.17, 15) is 20.1 Å². The number of fused-ring (bicyclic) bond motifs is 2. The van der Waals surface area contributed by atoms with Crippen LogP contribution in [0.3, 0.4) is 0 Å². The minimum absolute atomic E-state index is 0.0628. The van der Waals surface area contributed by atoms with Gasteiger partial charge in [0.2, 0.25) is 0 Å². The Morgan fingerprint density at radius 1 is 0.773 bits per heavy atom. The van der Waals surface area contributed by atoms with Crippen LogP contribution in [0.2, 0.25) is 0 Å². The summed E-state index contributed by atoms with van der Waals surface area (Å²) in [5, 5.41) is 42.0. The van der Waals surface area contributed by atoms with Gasteiger partial charge in [-0.2, -0.15) is 0 Å². The zero-order chi connectivity index (χ0) is 15.9. The van der Waals surface area contributed by atoms with Crippen LogP contribution < -0.4 is 10.9 Å². The van der Waals surface area contributed by atoms with Crippen molar-refractivity contribution in [2.75, 3.05) is 0 Å². The van der Waals surface area contributed by atoms with Crippen LogP contribution in [0, 0.1) is 0 Å². The zero-order valence-electron chi connectivity index (χ0n) is 11.8. The van der Waals surface area contributed by atoms with Crippen LogP contribution >= 0.6 is 0 Å². The minimum atomic E-state index is -1.82. The summed E-state index contributed by atoms with van der Waals surface area (Å²) in [6.45, 7) is 3.66. The summed E-state index contributed by atoms with van der Waals surface area (Å²) in [6, 6.07) is 13.2. The summed E-state index contributed by atoms with van der Waals surface area (Å²) in [5.74, 6) is 0. The molecule has 0 atom stereocenters. The first-order valence-corrected chi connectivity index (χ1v) is 6.87. The van der Waals surface area contributed by atoms with Gasteiger partial charge in [0.05, 0.1) is 0 Å². The van der Waals surface area contributed by atoms with Crippen LogP contribution in [-0.4, -0.2) is 34.3 Å². The molecule has 22 heavy (non-hydrogen) atoms. The van der Waals surface area contributed by atoms with Crippen molar-refractivity contribution in [1.82, 2.24) is 0 Å². The molecule has 0 radical (unpaired) electrons. The van der Waals surface area contributed by atoms with Crippen LogP contribution in [0.5, 0.6) is 0 Å². The Bertz CT molecular complexity index is 875. The molecule has 0 bridgehead atoms. The normalized spacial score (nSPS) is 10.9. The average molecular weight is 292 g/mol. The van der Waals surface area contributed by atoms with Gasteiger partial charge in [-0.15, -0.1) is 0 Å². The van der Waals surface area contributed by atoms with E-state index in [1.165, 1.54) is 6.08 Å². The first-order chi connectivity index (χ1) is 10.5. The second-order valence-corrected chi connectivity index (χ2v) is 5.17. The second kappa shape index (κ2) is 5.59. The molecule has 0 spiro atoms. The molecule has 0 aliphatic rings. The molecule has 3 aromatic carbocycles. The quantitative estimate of drug-likeness (QED) is 0.404. The maximum absolute atomic E-state index is 9.74. The third-order valence-electron chi connectivity index (χ3n) is 3.86. The molecular formula is C16H14B2O4. The van der Waals surface area contributed by atoms with Crippen LogP contribution in [0.4, 0.5) is 0 Å². The standard InChI is InChI=1S/C16H14B2O4/c1-2-10-7-13-8-11-5-3-4-6-12(11)9-14(13)16(18(21)22)15(10)17(19)20/h2-9,19-22H,1H2. The monoisotopic (exact) mass is 292 g/mol. The Kier molecular flexibility index (Phi) is 3.76. The van der Waals surface area contributed by atoms with Crippen LogP contribution in [0.15, 0.2) is 49.0 Å². The maximum atomic E-state index is 9.74. The van der Waals surface area contributed by atoms with E-state index in [1.807, 2.05) is 36.4 Å². The highest BCUT2D eigenvalue weighted by Gasteiger charge is 2.28.